The molecular weight excluding hydrogens is 436 g/mol. The molecule has 3 saturated heterocycles. The predicted octanol–water partition coefficient (Wildman–Crippen LogP) is 2.46. The van der Waals surface area contributed by atoms with E-state index in [-0.39, 0.29) is 31.1 Å². The number of nitrogens with zero attached hydrogens (tertiary/aromatic N) is 2. The number of hydrogen-bond donors (Lipinski definition) is 1. The van der Waals surface area contributed by atoms with Gasteiger partial charge < -0.3 is 24.4 Å². The summed E-state index contributed by atoms with van der Waals surface area (Å²) in [6.45, 7) is 14.1. The molecular formula is C26H40N2O6. The minimum Gasteiger partial charge on any atom is -0.461 e. The lowest BCUT2D eigenvalue weighted by Crippen LogP contribution is -2.58. The van der Waals surface area contributed by atoms with Crippen LogP contribution >= 0.6 is 0 Å². The van der Waals surface area contributed by atoms with E-state index >= 15 is 0 Å². The topological polar surface area (TPSA) is 96.4 Å². The summed E-state index contributed by atoms with van der Waals surface area (Å²) in [6.07, 6.45) is 7.14. The average molecular weight is 477 g/mol. The molecule has 0 aromatic carbocycles. The lowest BCUT2D eigenvalue weighted by atomic mass is 9.66. The fraction of sp³-hybridized carbons (Fsp3) is 0.731. The Kier molecular flexibility index (Phi) is 8.24. The molecule has 6 atom stereocenters. The Morgan fingerprint density at radius 1 is 1.32 bits per heavy atom. The smallest absolute Gasteiger partial charge is 0.313 e. The van der Waals surface area contributed by atoms with Crippen molar-refractivity contribution in [2.75, 3.05) is 26.3 Å². The van der Waals surface area contributed by atoms with Crippen molar-refractivity contribution < 1.29 is 29.0 Å². The number of carbonyl (C=O) groups excluding carboxylic acids is 3. The Bertz CT molecular complexity index is 815. The number of likely N-dealkylation sites (tertiary alicyclic amines) is 1. The summed E-state index contributed by atoms with van der Waals surface area (Å²) >= 11 is 0. The molecule has 1 spiro atoms. The van der Waals surface area contributed by atoms with Crippen LogP contribution in [0.5, 0.6) is 0 Å². The van der Waals surface area contributed by atoms with Gasteiger partial charge in [-0.2, -0.15) is 0 Å². The van der Waals surface area contributed by atoms with Crippen LogP contribution in [0.1, 0.15) is 59.3 Å². The Balaban J connectivity index is 2.03. The molecule has 190 valence electrons. The van der Waals surface area contributed by atoms with E-state index in [1.54, 1.807) is 15.9 Å². The highest BCUT2D eigenvalue weighted by Crippen LogP contribution is 2.63. The standard InChI is InChI=1S/C26H40N2O6/c1-6-11-18(4)27(14-7-2)23(31)21-26-13-12-25(5,34-26)20(24(32)33-17-8-3)19(26)22(30)28(21)15-9-10-16-29/h7-8,18-21,29H,2-3,6,9-17H2,1,4-5H3/t18?,19-,20-,21?,25+,26?/m0/s1. The highest BCUT2D eigenvalue weighted by Gasteiger charge is 2.78. The lowest BCUT2D eigenvalue weighted by molar-refractivity contribution is -0.159. The maximum atomic E-state index is 14.1. The highest BCUT2D eigenvalue weighted by molar-refractivity contribution is 5.98. The van der Waals surface area contributed by atoms with Crippen molar-refractivity contribution in [2.24, 2.45) is 11.8 Å². The summed E-state index contributed by atoms with van der Waals surface area (Å²) in [5.74, 6) is -2.41. The molecule has 0 radical (unpaired) electrons. The second-order valence-electron chi connectivity index (χ2n) is 10.0. The highest BCUT2D eigenvalue weighted by atomic mass is 16.6. The molecule has 1 N–H and O–H groups in total. The lowest BCUT2D eigenvalue weighted by Gasteiger charge is -2.39. The van der Waals surface area contributed by atoms with Crippen molar-refractivity contribution >= 4 is 17.8 Å². The van der Waals surface area contributed by atoms with E-state index < -0.39 is 35.0 Å². The fourth-order valence-corrected chi connectivity index (χ4v) is 6.28. The molecule has 3 aliphatic rings. The zero-order valence-corrected chi connectivity index (χ0v) is 20.8. The first kappa shape index (κ1) is 26.4. The largest absolute Gasteiger partial charge is 0.461 e. The molecule has 2 bridgehead atoms. The van der Waals surface area contributed by atoms with Gasteiger partial charge in [-0.25, -0.2) is 0 Å². The summed E-state index contributed by atoms with van der Waals surface area (Å²) in [4.78, 5) is 44.5. The third-order valence-electron chi connectivity index (χ3n) is 7.76. The van der Waals surface area contributed by atoms with Crippen LogP contribution in [0.3, 0.4) is 0 Å². The molecule has 34 heavy (non-hydrogen) atoms. The zero-order valence-electron chi connectivity index (χ0n) is 20.8. The zero-order chi connectivity index (χ0) is 25.1. The van der Waals surface area contributed by atoms with Gasteiger partial charge in [-0.1, -0.05) is 32.1 Å². The number of hydrogen-bond acceptors (Lipinski definition) is 6. The van der Waals surface area contributed by atoms with Gasteiger partial charge in [-0.15, -0.1) is 6.58 Å². The van der Waals surface area contributed by atoms with Crippen LogP contribution in [0.4, 0.5) is 0 Å². The van der Waals surface area contributed by atoms with Crippen LogP contribution in [0, 0.1) is 11.8 Å². The van der Waals surface area contributed by atoms with Crippen molar-refractivity contribution in [3.05, 3.63) is 25.3 Å². The van der Waals surface area contributed by atoms with E-state index in [4.69, 9.17) is 9.47 Å². The Hall–Kier alpha value is -2.19. The summed E-state index contributed by atoms with van der Waals surface area (Å²) in [5, 5.41) is 9.28. The first-order chi connectivity index (χ1) is 16.2. The molecule has 3 aliphatic heterocycles. The fourth-order valence-electron chi connectivity index (χ4n) is 6.28. The van der Waals surface area contributed by atoms with E-state index in [1.807, 2.05) is 13.8 Å². The van der Waals surface area contributed by atoms with Gasteiger partial charge in [-0.3, -0.25) is 14.4 Å². The van der Waals surface area contributed by atoms with Crippen molar-refractivity contribution in [1.82, 2.24) is 9.80 Å². The number of rotatable bonds is 13. The number of aliphatic hydroxyl groups excluding tert-OH is 1. The van der Waals surface area contributed by atoms with E-state index in [2.05, 4.69) is 20.1 Å². The van der Waals surface area contributed by atoms with Crippen molar-refractivity contribution in [2.45, 2.75) is 82.6 Å². The van der Waals surface area contributed by atoms with Gasteiger partial charge in [0.25, 0.3) is 0 Å². The Morgan fingerprint density at radius 2 is 2.06 bits per heavy atom. The SMILES string of the molecule is C=CCOC(=O)[C@@H]1[C@H]2C(=O)N(CCCCO)C(C(=O)N(CC=C)C(C)CCC)C23CC[C@@]1(C)O3. The molecule has 3 unspecified atom stereocenters. The molecule has 0 saturated carbocycles. The average Bonchev–Trinajstić information content (AvgIpc) is 3.36. The summed E-state index contributed by atoms with van der Waals surface area (Å²) in [6, 6.07) is -0.843. The minimum absolute atomic E-state index is 0.0103. The van der Waals surface area contributed by atoms with E-state index in [0.29, 0.717) is 38.8 Å². The third kappa shape index (κ3) is 4.31. The molecule has 8 heteroatoms. The number of fused-ring (bicyclic) bond motifs is 1. The van der Waals surface area contributed by atoms with Crippen LogP contribution in [0.25, 0.3) is 0 Å². The van der Waals surface area contributed by atoms with Crippen molar-refractivity contribution in [1.29, 1.82) is 0 Å². The minimum atomic E-state index is -1.06. The Labute approximate surface area is 202 Å². The summed E-state index contributed by atoms with van der Waals surface area (Å²) < 4.78 is 12.0. The molecule has 3 fully saturated rings. The number of esters is 1. The van der Waals surface area contributed by atoms with E-state index in [9.17, 15) is 19.5 Å². The van der Waals surface area contributed by atoms with Gasteiger partial charge in [0, 0.05) is 25.7 Å². The molecule has 0 aliphatic carbocycles. The number of aliphatic hydroxyl groups is 1. The van der Waals surface area contributed by atoms with Crippen LogP contribution in [0.2, 0.25) is 0 Å². The van der Waals surface area contributed by atoms with Gasteiger partial charge in [-0.05, 0) is 46.0 Å². The monoisotopic (exact) mass is 476 g/mol. The summed E-state index contributed by atoms with van der Waals surface area (Å²) in [7, 11) is 0. The third-order valence-corrected chi connectivity index (χ3v) is 7.76. The van der Waals surface area contributed by atoms with Gasteiger partial charge in [0.15, 0.2) is 0 Å². The first-order valence-electron chi connectivity index (χ1n) is 12.5. The van der Waals surface area contributed by atoms with Gasteiger partial charge in [0.2, 0.25) is 11.8 Å². The normalized spacial score (nSPS) is 32.4. The van der Waals surface area contributed by atoms with Crippen LogP contribution in [-0.2, 0) is 23.9 Å². The summed E-state index contributed by atoms with van der Waals surface area (Å²) in [5.41, 5.74) is -1.92. The number of unbranched alkanes of at least 4 members (excludes halogenated alkanes) is 1. The predicted molar refractivity (Wildman–Crippen MR) is 128 cm³/mol. The molecule has 3 heterocycles. The number of carbonyl (C=O) groups is 3. The Morgan fingerprint density at radius 3 is 2.68 bits per heavy atom. The van der Waals surface area contributed by atoms with Gasteiger partial charge >= 0.3 is 5.97 Å². The molecule has 2 amide bonds. The first-order valence-corrected chi connectivity index (χ1v) is 12.5. The van der Waals surface area contributed by atoms with Crippen LogP contribution in [-0.4, -0.2) is 82.3 Å². The molecule has 8 nitrogen and oxygen atoms in total. The van der Waals surface area contributed by atoms with E-state index in [1.165, 1.54) is 6.08 Å². The maximum Gasteiger partial charge on any atom is 0.313 e. The van der Waals surface area contributed by atoms with Crippen LogP contribution in [0.15, 0.2) is 25.3 Å². The molecule has 3 rings (SSSR count). The molecule has 0 aromatic rings. The van der Waals surface area contributed by atoms with Crippen molar-refractivity contribution in [3.63, 3.8) is 0 Å². The second kappa shape index (κ2) is 10.6. The number of amides is 2. The van der Waals surface area contributed by atoms with Crippen LogP contribution < -0.4 is 0 Å². The van der Waals surface area contributed by atoms with Gasteiger partial charge in [0.05, 0.1) is 11.5 Å². The quantitative estimate of drug-likeness (QED) is 0.249. The number of ether oxygens (including phenoxy) is 2. The maximum absolute atomic E-state index is 14.1. The van der Waals surface area contributed by atoms with Gasteiger partial charge in [0.1, 0.15) is 24.2 Å². The second-order valence-corrected chi connectivity index (χ2v) is 10.0. The van der Waals surface area contributed by atoms with Crippen molar-refractivity contribution in [3.8, 4) is 0 Å². The van der Waals surface area contributed by atoms with E-state index in [0.717, 1.165) is 12.8 Å². The molecule has 0 aromatic heterocycles.